The SMILES string of the molecule is CC1(C)CN(C(=O)CO)C[C@H](F)[C@H]1Oc1ccc(-c2ncnc(Nc3ccc(N4CCN(C5COC5)CC4)cc3)n2)cc1C#N. The number of aliphatic hydroxyl groups excluding tert-OH is 1. The molecule has 3 aromatic rings. The van der Waals surface area contributed by atoms with Crippen molar-refractivity contribution in [3.05, 3.63) is 54.4 Å². The largest absolute Gasteiger partial charge is 0.485 e. The lowest BCUT2D eigenvalue weighted by molar-refractivity contribution is -0.144. The molecule has 0 bridgehead atoms. The monoisotopic (exact) mass is 616 g/mol. The Hall–Kier alpha value is -4.38. The lowest BCUT2D eigenvalue weighted by Gasteiger charge is -2.45. The fourth-order valence-corrected chi connectivity index (χ4v) is 6.12. The Labute approximate surface area is 261 Å². The van der Waals surface area contributed by atoms with E-state index in [2.05, 4.69) is 48.3 Å². The Balaban J connectivity index is 1.11. The molecule has 0 spiro atoms. The number of halogens is 1. The number of aromatic nitrogens is 3. The Morgan fingerprint density at radius 2 is 1.91 bits per heavy atom. The number of aliphatic hydroxyl groups is 1. The van der Waals surface area contributed by atoms with E-state index in [0.717, 1.165) is 45.1 Å². The summed E-state index contributed by atoms with van der Waals surface area (Å²) >= 11 is 0. The number of carbonyl (C=O) groups is 1. The van der Waals surface area contributed by atoms with Crippen molar-refractivity contribution in [1.82, 2.24) is 24.8 Å². The molecule has 4 heterocycles. The number of benzene rings is 2. The molecule has 2 aromatic carbocycles. The van der Waals surface area contributed by atoms with Crippen LogP contribution in [0.4, 0.5) is 21.7 Å². The van der Waals surface area contributed by atoms with Gasteiger partial charge in [-0.1, -0.05) is 13.8 Å². The number of nitrogens with zero attached hydrogens (tertiary/aromatic N) is 7. The number of ether oxygens (including phenoxy) is 2. The Morgan fingerprint density at radius 1 is 1.16 bits per heavy atom. The second-order valence-corrected chi connectivity index (χ2v) is 12.3. The number of carbonyl (C=O) groups excluding carboxylic acids is 1. The van der Waals surface area contributed by atoms with Crippen LogP contribution in [0, 0.1) is 16.7 Å². The van der Waals surface area contributed by atoms with Gasteiger partial charge in [-0.3, -0.25) is 9.69 Å². The first-order chi connectivity index (χ1) is 21.7. The quantitative estimate of drug-likeness (QED) is 0.386. The van der Waals surface area contributed by atoms with Gasteiger partial charge in [-0.25, -0.2) is 14.4 Å². The average molecular weight is 617 g/mol. The zero-order valence-electron chi connectivity index (χ0n) is 25.4. The van der Waals surface area contributed by atoms with Crippen molar-refractivity contribution < 1.29 is 23.8 Å². The van der Waals surface area contributed by atoms with E-state index >= 15 is 4.39 Å². The van der Waals surface area contributed by atoms with Gasteiger partial charge in [-0.05, 0) is 42.5 Å². The number of anilines is 3. The summed E-state index contributed by atoms with van der Waals surface area (Å²) < 4.78 is 26.6. The Morgan fingerprint density at radius 3 is 2.56 bits per heavy atom. The van der Waals surface area contributed by atoms with Gasteiger partial charge in [0.25, 0.3) is 0 Å². The molecule has 45 heavy (non-hydrogen) atoms. The van der Waals surface area contributed by atoms with Crippen LogP contribution < -0.4 is 15.0 Å². The van der Waals surface area contributed by atoms with E-state index in [1.165, 1.54) is 16.9 Å². The number of nitriles is 1. The van der Waals surface area contributed by atoms with Gasteiger partial charge in [0.05, 0.1) is 31.4 Å². The molecule has 236 valence electrons. The third-order valence-electron chi connectivity index (χ3n) is 8.70. The van der Waals surface area contributed by atoms with Crippen LogP contribution >= 0.6 is 0 Å². The molecule has 12 nitrogen and oxygen atoms in total. The summed E-state index contributed by atoms with van der Waals surface area (Å²) in [6.45, 7) is 8.64. The van der Waals surface area contributed by atoms with E-state index in [9.17, 15) is 15.2 Å². The van der Waals surface area contributed by atoms with Crippen LogP contribution in [0.1, 0.15) is 19.4 Å². The van der Waals surface area contributed by atoms with Crippen molar-refractivity contribution in [1.29, 1.82) is 5.26 Å². The number of alkyl halides is 1. The summed E-state index contributed by atoms with van der Waals surface area (Å²) in [5.74, 6) is 0.421. The molecule has 3 fully saturated rings. The molecule has 3 saturated heterocycles. The maximum absolute atomic E-state index is 15.2. The molecule has 13 heteroatoms. The highest BCUT2D eigenvalue weighted by molar-refractivity contribution is 5.77. The van der Waals surface area contributed by atoms with Crippen LogP contribution in [0.2, 0.25) is 0 Å². The van der Waals surface area contributed by atoms with Crippen molar-refractivity contribution in [3.63, 3.8) is 0 Å². The Bertz CT molecular complexity index is 1550. The molecule has 0 unspecified atom stereocenters. The van der Waals surface area contributed by atoms with Gasteiger partial charge in [-0.15, -0.1) is 0 Å². The van der Waals surface area contributed by atoms with Crippen molar-refractivity contribution in [2.45, 2.75) is 32.2 Å². The lowest BCUT2D eigenvalue weighted by Crippen LogP contribution is -2.59. The zero-order chi connectivity index (χ0) is 31.6. The molecular weight excluding hydrogens is 579 g/mol. The van der Waals surface area contributed by atoms with E-state index in [0.29, 0.717) is 23.4 Å². The summed E-state index contributed by atoms with van der Waals surface area (Å²) in [6.07, 6.45) is -0.996. The van der Waals surface area contributed by atoms with Crippen LogP contribution in [0.15, 0.2) is 48.8 Å². The van der Waals surface area contributed by atoms with Gasteiger partial charge in [0, 0.05) is 55.1 Å². The van der Waals surface area contributed by atoms with Crippen LogP contribution in [0.25, 0.3) is 11.4 Å². The van der Waals surface area contributed by atoms with Crippen molar-refractivity contribution in [3.8, 4) is 23.2 Å². The molecule has 2 atom stereocenters. The summed E-state index contributed by atoms with van der Waals surface area (Å²) in [7, 11) is 0. The van der Waals surface area contributed by atoms with Gasteiger partial charge in [-0.2, -0.15) is 10.2 Å². The first-order valence-electron chi connectivity index (χ1n) is 15.1. The van der Waals surface area contributed by atoms with E-state index in [1.54, 1.807) is 32.0 Å². The van der Waals surface area contributed by atoms with Gasteiger partial charge in [0.15, 0.2) is 12.0 Å². The fraction of sp³-hybridized carbons (Fsp3) is 0.469. The smallest absolute Gasteiger partial charge is 0.248 e. The average Bonchev–Trinajstić information content (AvgIpc) is 3.02. The number of hydrogen-bond donors (Lipinski definition) is 2. The van der Waals surface area contributed by atoms with E-state index in [-0.39, 0.29) is 24.4 Å². The predicted octanol–water partition coefficient (Wildman–Crippen LogP) is 2.62. The fourth-order valence-electron chi connectivity index (χ4n) is 6.12. The standard InChI is InChI=1S/C32H37FN8O4/c1-32(2)19-41(28(43)16-42)15-26(33)29(32)45-27-8-3-21(13-22(27)14-34)30-35-20-36-31(38-30)37-23-4-6-24(7-5-23)39-9-11-40(12-10-39)25-17-44-18-25/h3-8,13,20,25-26,29,42H,9-12,15-19H2,1-2H3,(H,35,36,37,38)/t26-,29+/m0/s1. The lowest BCUT2D eigenvalue weighted by atomic mass is 9.80. The first kappa shape index (κ1) is 30.6. The molecule has 3 aliphatic rings. The molecule has 0 aliphatic carbocycles. The summed E-state index contributed by atoms with van der Waals surface area (Å²) in [6, 6.07) is 15.8. The van der Waals surface area contributed by atoms with Crippen molar-refractivity contribution >= 4 is 23.2 Å². The highest BCUT2D eigenvalue weighted by Crippen LogP contribution is 2.36. The van der Waals surface area contributed by atoms with E-state index < -0.39 is 30.2 Å². The third-order valence-corrected chi connectivity index (χ3v) is 8.70. The number of piperidine rings is 1. The summed E-state index contributed by atoms with van der Waals surface area (Å²) in [4.78, 5) is 31.3. The molecule has 1 amide bonds. The number of rotatable bonds is 8. The van der Waals surface area contributed by atoms with E-state index in [1.807, 2.05) is 12.1 Å². The van der Waals surface area contributed by atoms with Gasteiger partial charge >= 0.3 is 0 Å². The minimum absolute atomic E-state index is 0.190. The van der Waals surface area contributed by atoms with Crippen molar-refractivity contribution in [2.75, 3.05) is 69.3 Å². The number of likely N-dealkylation sites (tertiary alicyclic amines) is 1. The summed E-state index contributed by atoms with van der Waals surface area (Å²) in [5.41, 5.74) is 2.02. The molecule has 0 radical (unpaired) electrons. The number of hydrogen-bond acceptors (Lipinski definition) is 11. The second-order valence-electron chi connectivity index (χ2n) is 12.3. The zero-order valence-corrected chi connectivity index (χ0v) is 25.4. The van der Waals surface area contributed by atoms with Gasteiger partial charge < -0.3 is 29.7 Å². The normalized spacial score (nSPS) is 21.9. The highest BCUT2D eigenvalue weighted by Gasteiger charge is 2.46. The molecule has 3 aliphatic heterocycles. The van der Waals surface area contributed by atoms with Crippen molar-refractivity contribution in [2.24, 2.45) is 5.41 Å². The first-order valence-corrected chi connectivity index (χ1v) is 15.1. The van der Waals surface area contributed by atoms with Gasteiger partial charge in [0.2, 0.25) is 11.9 Å². The van der Waals surface area contributed by atoms with E-state index in [4.69, 9.17) is 9.47 Å². The topological polar surface area (TPSA) is 140 Å². The maximum atomic E-state index is 15.2. The maximum Gasteiger partial charge on any atom is 0.248 e. The number of nitrogens with one attached hydrogen (secondary N) is 1. The van der Waals surface area contributed by atoms with Crippen LogP contribution in [0.3, 0.4) is 0 Å². The summed E-state index contributed by atoms with van der Waals surface area (Å²) in [5, 5.41) is 22.3. The molecule has 0 saturated carbocycles. The van der Waals surface area contributed by atoms with Gasteiger partial charge in [0.1, 0.15) is 30.9 Å². The van der Waals surface area contributed by atoms with Crippen LogP contribution in [-0.4, -0.2) is 113 Å². The predicted molar refractivity (Wildman–Crippen MR) is 165 cm³/mol. The minimum atomic E-state index is -1.50. The molecule has 1 aromatic heterocycles. The Kier molecular flexibility index (Phi) is 8.80. The molecule has 6 rings (SSSR count). The number of piperazine rings is 1. The third kappa shape index (κ3) is 6.68. The molecule has 2 N–H and O–H groups in total. The van der Waals surface area contributed by atoms with Crippen LogP contribution in [-0.2, 0) is 9.53 Å². The minimum Gasteiger partial charge on any atom is -0.485 e. The van der Waals surface area contributed by atoms with Crippen LogP contribution in [0.5, 0.6) is 5.75 Å². The number of amides is 1. The highest BCUT2D eigenvalue weighted by atomic mass is 19.1. The molecular formula is C32H37FN8O4. The second kappa shape index (κ2) is 12.9.